The molecule has 1 N–H and O–H groups in total. The Morgan fingerprint density at radius 2 is 2.11 bits per heavy atom. The van der Waals surface area contributed by atoms with E-state index in [0.717, 1.165) is 36.7 Å². The first-order valence-electron chi connectivity index (χ1n) is 6.36. The van der Waals surface area contributed by atoms with Crippen LogP contribution >= 0.6 is 23.2 Å². The van der Waals surface area contributed by atoms with Gasteiger partial charge in [-0.2, -0.15) is 0 Å². The zero-order valence-corrected chi connectivity index (χ0v) is 12.6. The van der Waals surface area contributed by atoms with Crippen molar-refractivity contribution in [2.75, 3.05) is 5.32 Å². The number of aryl methyl sites for hydroxylation is 2. The molecule has 0 aliphatic heterocycles. The van der Waals surface area contributed by atoms with Crippen LogP contribution in [0, 0.1) is 6.92 Å². The van der Waals surface area contributed by atoms with Gasteiger partial charge in [-0.1, -0.05) is 36.5 Å². The summed E-state index contributed by atoms with van der Waals surface area (Å²) in [6.45, 7) is 5.11. The van der Waals surface area contributed by atoms with Crippen LogP contribution in [0.25, 0.3) is 0 Å². The second kappa shape index (κ2) is 6.31. The minimum atomic E-state index is 0.593. The van der Waals surface area contributed by atoms with Gasteiger partial charge in [0.25, 0.3) is 0 Å². The third-order valence-electron chi connectivity index (χ3n) is 2.83. The summed E-state index contributed by atoms with van der Waals surface area (Å²) in [6.07, 6.45) is 4.32. The minimum absolute atomic E-state index is 0.593. The molecule has 0 aliphatic carbocycles. The van der Waals surface area contributed by atoms with Crippen LogP contribution in [0.1, 0.15) is 25.5 Å². The van der Waals surface area contributed by atoms with E-state index in [4.69, 9.17) is 23.2 Å². The molecule has 1 aromatic heterocycles. The number of benzene rings is 1. The normalized spacial score (nSPS) is 10.7. The average Bonchev–Trinajstić information content (AvgIpc) is 2.70. The fourth-order valence-electron chi connectivity index (χ4n) is 1.86. The lowest BCUT2D eigenvalue weighted by Gasteiger charge is -2.10. The van der Waals surface area contributed by atoms with E-state index in [2.05, 4.69) is 21.8 Å². The van der Waals surface area contributed by atoms with E-state index in [0.29, 0.717) is 10.0 Å². The molecule has 1 heterocycles. The highest BCUT2D eigenvalue weighted by atomic mass is 35.5. The lowest BCUT2D eigenvalue weighted by molar-refractivity contribution is 0.637. The molecule has 0 spiro atoms. The number of hydrogen-bond donors (Lipinski definition) is 1. The smallest absolute Gasteiger partial charge is 0.207 e. The Bertz CT molecular complexity index is 564. The van der Waals surface area contributed by atoms with Crippen LogP contribution in [0.2, 0.25) is 10.0 Å². The van der Waals surface area contributed by atoms with E-state index in [1.807, 2.05) is 25.3 Å². The van der Waals surface area contributed by atoms with Crippen LogP contribution < -0.4 is 5.32 Å². The number of nitrogens with one attached hydrogen (secondary N) is 1. The molecule has 0 unspecified atom stereocenters. The molecule has 102 valence electrons. The van der Waals surface area contributed by atoms with E-state index in [1.54, 1.807) is 6.07 Å². The van der Waals surface area contributed by atoms with Gasteiger partial charge >= 0.3 is 0 Å². The van der Waals surface area contributed by atoms with Crippen LogP contribution in [-0.2, 0) is 6.54 Å². The fraction of sp³-hybridized carbons (Fsp3) is 0.357. The summed E-state index contributed by atoms with van der Waals surface area (Å²) >= 11 is 12.0. The molecule has 0 atom stereocenters. The molecular formula is C14H17Cl2N3. The van der Waals surface area contributed by atoms with Crippen LogP contribution in [0.4, 0.5) is 11.6 Å². The summed E-state index contributed by atoms with van der Waals surface area (Å²) < 4.78 is 2.11. The Balaban J connectivity index is 2.22. The predicted octanol–water partition coefficient (Wildman–Crippen LogP) is 5.04. The van der Waals surface area contributed by atoms with E-state index in [1.165, 1.54) is 0 Å². The quantitative estimate of drug-likeness (QED) is 0.837. The van der Waals surface area contributed by atoms with Crippen molar-refractivity contribution in [2.24, 2.45) is 0 Å². The molecule has 0 saturated carbocycles. The van der Waals surface area contributed by atoms with Crippen molar-refractivity contribution in [1.82, 2.24) is 9.55 Å². The first-order chi connectivity index (χ1) is 9.10. The molecule has 0 fully saturated rings. The first-order valence-corrected chi connectivity index (χ1v) is 7.11. The highest BCUT2D eigenvalue weighted by Crippen LogP contribution is 2.28. The van der Waals surface area contributed by atoms with Crippen molar-refractivity contribution in [2.45, 2.75) is 33.2 Å². The summed E-state index contributed by atoms with van der Waals surface area (Å²) in [5, 5.41) is 4.48. The molecule has 3 nitrogen and oxygen atoms in total. The third-order valence-corrected chi connectivity index (χ3v) is 3.37. The average molecular weight is 298 g/mol. The van der Waals surface area contributed by atoms with E-state index < -0.39 is 0 Å². The summed E-state index contributed by atoms with van der Waals surface area (Å²) in [5.41, 5.74) is 1.80. The van der Waals surface area contributed by atoms with Crippen molar-refractivity contribution in [3.05, 3.63) is 40.1 Å². The molecule has 19 heavy (non-hydrogen) atoms. The SMILES string of the molecule is CCCCn1cc(C)nc1Nc1ccc(Cl)cc1Cl. The van der Waals surface area contributed by atoms with Gasteiger partial charge in [0.1, 0.15) is 0 Å². The monoisotopic (exact) mass is 297 g/mol. The summed E-state index contributed by atoms with van der Waals surface area (Å²) in [7, 11) is 0. The van der Waals surface area contributed by atoms with Crippen molar-refractivity contribution < 1.29 is 0 Å². The van der Waals surface area contributed by atoms with Gasteiger partial charge in [0.15, 0.2) is 0 Å². The van der Waals surface area contributed by atoms with Crippen LogP contribution in [0.5, 0.6) is 0 Å². The fourth-order valence-corrected chi connectivity index (χ4v) is 2.31. The molecule has 1 aromatic carbocycles. The van der Waals surface area contributed by atoms with E-state index in [9.17, 15) is 0 Å². The lowest BCUT2D eigenvalue weighted by Crippen LogP contribution is -2.03. The number of nitrogens with zero attached hydrogens (tertiary/aromatic N) is 2. The zero-order valence-electron chi connectivity index (χ0n) is 11.1. The Labute approximate surface area is 123 Å². The molecule has 2 rings (SSSR count). The van der Waals surface area contributed by atoms with Gasteiger partial charge in [-0.3, -0.25) is 0 Å². The number of unbranched alkanes of at least 4 members (excludes halogenated alkanes) is 1. The molecule has 2 aromatic rings. The number of rotatable bonds is 5. The van der Waals surface area contributed by atoms with Crippen molar-refractivity contribution in [1.29, 1.82) is 0 Å². The Kier molecular flexibility index (Phi) is 4.72. The molecule has 5 heteroatoms. The largest absolute Gasteiger partial charge is 0.324 e. The van der Waals surface area contributed by atoms with E-state index >= 15 is 0 Å². The van der Waals surface area contributed by atoms with Gasteiger partial charge in [-0.05, 0) is 31.5 Å². The Morgan fingerprint density at radius 1 is 1.32 bits per heavy atom. The Hall–Kier alpha value is -1.19. The van der Waals surface area contributed by atoms with Crippen molar-refractivity contribution >= 4 is 34.8 Å². The minimum Gasteiger partial charge on any atom is -0.324 e. The second-order valence-corrected chi connectivity index (χ2v) is 5.35. The summed E-state index contributed by atoms with van der Waals surface area (Å²) in [4.78, 5) is 4.48. The number of hydrogen-bond acceptors (Lipinski definition) is 2. The summed E-state index contributed by atoms with van der Waals surface area (Å²) in [6, 6.07) is 5.39. The van der Waals surface area contributed by atoms with Gasteiger partial charge in [0.2, 0.25) is 5.95 Å². The van der Waals surface area contributed by atoms with Gasteiger partial charge < -0.3 is 9.88 Å². The third kappa shape index (κ3) is 3.64. The summed E-state index contributed by atoms with van der Waals surface area (Å²) in [5.74, 6) is 0.815. The van der Waals surface area contributed by atoms with Gasteiger partial charge in [0.05, 0.1) is 16.4 Å². The molecule has 0 aliphatic rings. The van der Waals surface area contributed by atoms with E-state index in [-0.39, 0.29) is 0 Å². The van der Waals surface area contributed by atoms with Gasteiger partial charge in [-0.15, -0.1) is 0 Å². The second-order valence-electron chi connectivity index (χ2n) is 4.50. The van der Waals surface area contributed by atoms with Crippen LogP contribution in [-0.4, -0.2) is 9.55 Å². The number of imidazole rings is 1. The number of halogens is 2. The maximum absolute atomic E-state index is 6.16. The van der Waals surface area contributed by atoms with Crippen molar-refractivity contribution in [3.63, 3.8) is 0 Å². The zero-order chi connectivity index (χ0) is 13.8. The van der Waals surface area contributed by atoms with Gasteiger partial charge in [0, 0.05) is 17.8 Å². The number of anilines is 2. The molecule has 0 bridgehead atoms. The van der Waals surface area contributed by atoms with Gasteiger partial charge in [-0.25, -0.2) is 4.98 Å². The lowest BCUT2D eigenvalue weighted by atomic mass is 10.3. The van der Waals surface area contributed by atoms with Crippen LogP contribution in [0.15, 0.2) is 24.4 Å². The highest BCUT2D eigenvalue weighted by molar-refractivity contribution is 6.36. The first kappa shape index (κ1) is 14.2. The highest BCUT2D eigenvalue weighted by Gasteiger charge is 2.08. The maximum Gasteiger partial charge on any atom is 0.207 e. The topological polar surface area (TPSA) is 29.9 Å². The predicted molar refractivity (Wildman–Crippen MR) is 81.6 cm³/mol. The number of aromatic nitrogens is 2. The maximum atomic E-state index is 6.16. The molecular weight excluding hydrogens is 281 g/mol. The molecule has 0 radical (unpaired) electrons. The molecule has 0 amide bonds. The standard InChI is InChI=1S/C14H17Cl2N3/c1-3-4-7-19-9-10(2)17-14(19)18-13-6-5-11(15)8-12(13)16/h5-6,8-9H,3-4,7H2,1-2H3,(H,17,18). The van der Waals surface area contributed by atoms with Crippen LogP contribution in [0.3, 0.4) is 0 Å². The Morgan fingerprint density at radius 3 is 2.79 bits per heavy atom. The molecule has 0 saturated heterocycles. The van der Waals surface area contributed by atoms with Crippen molar-refractivity contribution in [3.8, 4) is 0 Å².